The van der Waals surface area contributed by atoms with Crippen molar-refractivity contribution in [3.05, 3.63) is 70.7 Å². The van der Waals surface area contributed by atoms with Crippen molar-refractivity contribution in [1.29, 1.82) is 0 Å². The van der Waals surface area contributed by atoms with Crippen molar-refractivity contribution in [1.82, 2.24) is 4.90 Å². The highest BCUT2D eigenvalue weighted by molar-refractivity contribution is 6.45. The van der Waals surface area contributed by atoms with Crippen LogP contribution < -0.4 is 4.90 Å². The molecule has 1 unspecified atom stereocenters. The molecule has 1 N–H and O–H groups in total. The minimum Gasteiger partial charge on any atom is -0.396 e. The number of hydrogen-bond donors (Lipinski definition) is 1. The predicted molar refractivity (Wildman–Crippen MR) is 113 cm³/mol. The Morgan fingerprint density at radius 3 is 2.43 bits per heavy atom. The lowest BCUT2D eigenvalue weighted by Gasteiger charge is -2.34. The first-order valence-electron chi connectivity index (χ1n) is 10.2. The Labute approximate surface area is 175 Å². The number of imide groups is 1. The number of halogens is 1. The molecule has 0 bridgehead atoms. The zero-order valence-corrected chi connectivity index (χ0v) is 17.2. The molecule has 0 aliphatic carbocycles. The minimum atomic E-state index is -0.406. The smallest absolute Gasteiger partial charge is 0.282 e. The van der Waals surface area contributed by atoms with Gasteiger partial charge >= 0.3 is 0 Å². The van der Waals surface area contributed by atoms with Crippen molar-refractivity contribution < 1.29 is 19.1 Å². The first-order valence-corrected chi connectivity index (χ1v) is 10.2. The van der Waals surface area contributed by atoms with Gasteiger partial charge in [0.1, 0.15) is 11.5 Å². The third kappa shape index (κ3) is 3.52. The van der Waals surface area contributed by atoms with Gasteiger partial charge in [0.05, 0.1) is 11.3 Å². The van der Waals surface area contributed by atoms with Crippen LogP contribution in [0.2, 0.25) is 0 Å². The van der Waals surface area contributed by atoms with Crippen LogP contribution in [-0.2, 0) is 9.59 Å². The molecule has 2 aliphatic rings. The van der Waals surface area contributed by atoms with Crippen LogP contribution in [0.3, 0.4) is 0 Å². The van der Waals surface area contributed by atoms with E-state index in [1.165, 1.54) is 29.2 Å². The molecular formula is C24H25FN2O3. The van der Waals surface area contributed by atoms with E-state index in [-0.39, 0.29) is 24.0 Å². The summed E-state index contributed by atoms with van der Waals surface area (Å²) in [6.45, 7) is 5.10. The van der Waals surface area contributed by atoms with Crippen molar-refractivity contribution in [2.24, 2.45) is 5.92 Å². The summed E-state index contributed by atoms with van der Waals surface area (Å²) in [5.74, 6) is -1.13. The maximum atomic E-state index is 13.5. The van der Waals surface area contributed by atoms with Crippen LogP contribution in [0, 0.1) is 25.6 Å². The second-order valence-corrected chi connectivity index (χ2v) is 8.08. The Balaban J connectivity index is 1.81. The van der Waals surface area contributed by atoms with E-state index in [0.717, 1.165) is 24.0 Å². The number of benzene rings is 2. The van der Waals surface area contributed by atoms with Crippen LogP contribution in [0.25, 0.3) is 5.57 Å². The van der Waals surface area contributed by atoms with Crippen LogP contribution >= 0.6 is 0 Å². The summed E-state index contributed by atoms with van der Waals surface area (Å²) in [6, 6.07) is 11.2. The van der Waals surface area contributed by atoms with Gasteiger partial charge in [-0.25, -0.2) is 9.29 Å². The third-order valence-electron chi connectivity index (χ3n) is 6.03. The monoisotopic (exact) mass is 408 g/mol. The highest BCUT2D eigenvalue weighted by atomic mass is 19.1. The highest BCUT2D eigenvalue weighted by Gasteiger charge is 2.43. The molecule has 4 rings (SSSR count). The molecule has 0 saturated carbocycles. The standard InChI is InChI=1S/C24H25FN2O3/c1-15-5-10-20(12-16(15)2)27-23(29)21(18-6-8-19(25)9-7-18)22(24(27)30)26-11-3-4-17(13-26)14-28/h5-10,12,17,28H,3-4,11,13-14H2,1-2H3. The lowest BCUT2D eigenvalue weighted by molar-refractivity contribution is -0.120. The molecule has 2 amide bonds. The van der Waals surface area contributed by atoms with Gasteiger partial charge in [-0.15, -0.1) is 0 Å². The summed E-state index contributed by atoms with van der Waals surface area (Å²) < 4.78 is 13.5. The number of nitrogens with zero attached hydrogens (tertiary/aromatic N) is 2. The molecule has 0 spiro atoms. The van der Waals surface area contributed by atoms with E-state index in [2.05, 4.69) is 0 Å². The van der Waals surface area contributed by atoms with Crippen LogP contribution in [0.4, 0.5) is 10.1 Å². The van der Waals surface area contributed by atoms with Gasteiger partial charge in [0.2, 0.25) is 0 Å². The SMILES string of the molecule is Cc1ccc(N2C(=O)C(c3ccc(F)cc3)=C(N3CCCC(CO)C3)C2=O)cc1C. The van der Waals surface area contributed by atoms with Crippen LogP contribution in [0.15, 0.2) is 48.2 Å². The first kappa shape index (κ1) is 20.3. The summed E-state index contributed by atoms with van der Waals surface area (Å²) in [5, 5.41) is 9.62. The van der Waals surface area contributed by atoms with Crippen molar-refractivity contribution in [2.75, 3.05) is 24.6 Å². The average Bonchev–Trinajstić information content (AvgIpc) is 3.01. The number of carbonyl (C=O) groups excluding carboxylic acids is 2. The molecule has 1 atom stereocenters. The molecule has 6 heteroatoms. The van der Waals surface area contributed by atoms with Gasteiger partial charge in [-0.3, -0.25) is 9.59 Å². The van der Waals surface area contributed by atoms with Crippen LogP contribution in [-0.4, -0.2) is 41.5 Å². The van der Waals surface area contributed by atoms with Gasteiger partial charge in [-0.1, -0.05) is 18.2 Å². The van der Waals surface area contributed by atoms with Crippen molar-refractivity contribution in [3.63, 3.8) is 0 Å². The lowest BCUT2D eigenvalue weighted by Crippen LogP contribution is -2.40. The molecule has 2 aromatic carbocycles. The minimum absolute atomic E-state index is 0.0403. The Morgan fingerprint density at radius 2 is 1.77 bits per heavy atom. The van der Waals surface area contributed by atoms with E-state index in [9.17, 15) is 19.1 Å². The van der Waals surface area contributed by atoms with Crippen molar-refractivity contribution in [3.8, 4) is 0 Å². The number of hydrogen-bond acceptors (Lipinski definition) is 4. The largest absolute Gasteiger partial charge is 0.396 e. The fraction of sp³-hybridized carbons (Fsp3) is 0.333. The third-order valence-corrected chi connectivity index (χ3v) is 6.03. The van der Waals surface area contributed by atoms with E-state index in [1.54, 1.807) is 6.07 Å². The maximum Gasteiger partial charge on any atom is 0.282 e. The summed E-state index contributed by atoms with van der Waals surface area (Å²) in [7, 11) is 0. The number of anilines is 1. The normalized spacial score (nSPS) is 19.8. The van der Waals surface area contributed by atoms with Gasteiger partial charge in [0.15, 0.2) is 0 Å². The second-order valence-electron chi connectivity index (χ2n) is 8.08. The van der Waals surface area contributed by atoms with E-state index in [0.29, 0.717) is 30.0 Å². The number of rotatable bonds is 4. The quantitative estimate of drug-likeness (QED) is 0.788. The fourth-order valence-corrected chi connectivity index (χ4v) is 4.20. The number of amides is 2. The van der Waals surface area contributed by atoms with Gasteiger partial charge in [-0.2, -0.15) is 0 Å². The molecular weight excluding hydrogens is 383 g/mol. The molecule has 30 heavy (non-hydrogen) atoms. The molecule has 0 radical (unpaired) electrons. The molecule has 1 saturated heterocycles. The van der Waals surface area contributed by atoms with Gasteiger partial charge in [0.25, 0.3) is 11.8 Å². The lowest BCUT2D eigenvalue weighted by atomic mass is 9.97. The number of piperidine rings is 1. The Hall–Kier alpha value is -2.99. The predicted octanol–water partition coefficient (Wildman–Crippen LogP) is 3.43. The van der Waals surface area contributed by atoms with Crippen molar-refractivity contribution in [2.45, 2.75) is 26.7 Å². The fourth-order valence-electron chi connectivity index (χ4n) is 4.20. The summed E-state index contributed by atoms with van der Waals surface area (Å²) in [5.41, 5.74) is 3.73. The molecule has 156 valence electrons. The van der Waals surface area contributed by atoms with E-state index < -0.39 is 11.7 Å². The summed E-state index contributed by atoms with van der Waals surface area (Å²) >= 11 is 0. The summed E-state index contributed by atoms with van der Waals surface area (Å²) in [4.78, 5) is 30.1. The van der Waals surface area contributed by atoms with E-state index in [1.807, 2.05) is 30.9 Å². The van der Waals surface area contributed by atoms with Crippen LogP contribution in [0.1, 0.15) is 29.5 Å². The number of carbonyl (C=O) groups is 2. The molecule has 2 aromatic rings. The zero-order chi connectivity index (χ0) is 21.4. The van der Waals surface area contributed by atoms with E-state index in [4.69, 9.17) is 0 Å². The summed E-state index contributed by atoms with van der Waals surface area (Å²) in [6.07, 6.45) is 1.71. The average molecular weight is 408 g/mol. The zero-order valence-electron chi connectivity index (χ0n) is 17.2. The topological polar surface area (TPSA) is 60.9 Å². The number of likely N-dealkylation sites (tertiary alicyclic amines) is 1. The Kier molecular flexibility index (Phi) is 5.43. The molecule has 0 aromatic heterocycles. The Bertz CT molecular complexity index is 1030. The second kappa shape index (κ2) is 8.03. The van der Waals surface area contributed by atoms with Crippen LogP contribution in [0.5, 0.6) is 0 Å². The van der Waals surface area contributed by atoms with Gasteiger partial charge < -0.3 is 10.0 Å². The first-order chi connectivity index (χ1) is 14.4. The molecule has 2 heterocycles. The molecule has 1 fully saturated rings. The highest BCUT2D eigenvalue weighted by Crippen LogP contribution is 2.37. The molecule has 2 aliphatic heterocycles. The van der Waals surface area contributed by atoms with Gasteiger partial charge in [0, 0.05) is 19.7 Å². The Morgan fingerprint density at radius 1 is 1.03 bits per heavy atom. The van der Waals surface area contributed by atoms with Crippen molar-refractivity contribution >= 4 is 23.1 Å². The van der Waals surface area contributed by atoms with E-state index >= 15 is 0 Å². The molecule has 5 nitrogen and oxygen atoms in total. The van der Waals surface area contributed by atoms with Gasteiger partial charge in [-0.05, 0) is 73.6 Å². The number of aryl methyl sites for hydroxylation is 2. The number of aliphatic hydroxyl groups excluding tert-OH is 1. The maximum absolute atomic E-state index is 13.5. The number of aliphatic hydroxyl groups is 1.